The normalized spacial score (nSPS) is 22.4. The Balaban J connectivity index is 1.88. The summed E-state index contributed by atoms with van der Waals surface area (Å²) >= 11 is 5.97. The number of fused-ring (bicyclic) bond motifs is 1. The fourth-order valence-electron chi connectivity index (χ4n) is 3.01. The van der Waals surface area contributed by atoms with Crippen LogP contribution >= 0.6 is 11.6 Å². The van der Waals surface area contributed by atoms with Gasteiger partial charge in [-0.2, -0.15) is 0 Å². The first-order chi connectivity index (χ1) is 9.56. The molecule has 4 nitrogen and oxygen atoms in total. The van der Waals surface area contributed by atoms with E-state index in [9.17, 15) is 4.79 Å². The van der Waals surface area contributed by atoms with E-state index in [1.54, 1.807) is 4.90 Å². The molecule has 3 rings (SSSR count). The SMILES string of the molecule is CN(C(=O)c1cc2cc(Cl)ccc2[nH]1)[C@H]1CCC[C@@H]1N. The molecule has 1 heterocycles. The summed E-state index contributed by atoms with van der Waals surface area (Å²) in [5, 5.41) is 1.62. The first kappa shape index (κ1) is 13.5. The number of likely N-dealkylation sites (N-methyl/N-ethyl adjacent to an activating group) is 1. The summed E-state index contributed by atoms with van der Waals surface area (Å²) < 4.78 is 0. The number of nitrogens with one attached hydrogen (secondary N) is 1. The second-order valence-corrected chi connectivity index (χ2v) is 5.93. The monoisotopic (exact) mass is 291 g/mol. The van der Waals surface area contributed by atoms with Gasteiger partial charge in [0.25, 0.3) is 5.91 Å². The predicted octanol–water partition coefficient (Wildman–Crippen LogP) is 2.77. The molecule has 2 atom stereocenters. The Labute approximate surface area is 122 Å². The Morgan fingerprint density at radius 2 is 2.20 bits per heavy atom. The number of rotatable bonds is 2. The third-order valence-electron chi connectivity index (χ3n) is 4.16. The van der Waals surface area contributed by atoms with Crippen molar-refractivity contribution in [3.05, 3.63) is 35.0 Å². The van der Waals surface area contributed by atoms with Gasteiger partial charge < -0.3 is 15.6 Å². The van der Waals surface area contributed by atoms with Crippen LogP contribution < -0.4 is 5.73 Å². The third kappa shape index (κ3) is 2.30. The largest absolute Gasteiger partial charge is 0.351 e. The summed E-state index contributed by atoms with van der Waals surface area (Å²) in [4.78, 5) is 17.5. The first-order valence-electron chi connectivity index (χ1n) is 6.87. The van der Waals surface area contributed by atoms with E-state index in [1.807, 2.05) is 31.3 Å². The van der Waals surface area contributed by atoms with Crippen molar-refractivity contribution in [2.45, 2.75) is 31.3 Å². The Bertz CT molecular complexity index is 652. The van der Waals surface area contributed by atoms with Gasteiger partial charge in [-0.3, -0.25) is 4.79 Å². The number of hydrogen-bond donors (Lipinski definition) is 2. The van der Waals surface area contributed by atoms with Crippen LogP contribution in [0, 0.1) is 0 Å². The molecule has 1 aliphatic rings. The Morgan fingerprint density at radius 1 is 1.40 bits per heavy atom. The number of carbonyl (C=O) groups excluding carboxylic acids is 1. The molecule has 1 amide bonds. The van der Waals surface area contributed by atoms with Crippen molar-refractivity contribution in [2.24, 2.45) is 5.73 Å². The van der Waals surface area contributed by atoms with E-state index < -0.39 is 0 Å². The molecular formula is C15H18ClN3O. The highest BCUT2D eigenvalue weighted by molar-refractivity contribution is 6.31. The van der Waals surface area contributed by atoms with Gasteiger partial charge in [-0.25, -0.2) is 0 Å². The molecular weight excluding hydrogens is 274 g/mol. The van der Waals surface area contributed by atoms with E-state index >= 15 is 0 Å². The van der Waals surface area contributed by atoms with Crippen molar-refractivity contribution in [1.29, 1.82) is 0 Å². The second-order valence-electron chi connectivity index (χ2n) is 5.49. The van der Waals surface area contributed by atoms with Crippen molar-refractivity contribution >= 4 is 28.4 Å². The highest BCUT2D eigenvalue weighted by atomic mass is 35.5. The van der Waals surface area contributed by atoms with E-state index in [0.717, 1.165) is 30.2 Å². The van der Waals surface area contributed by atoms with Gasteiger partial charge >= 0.3 is 0 Å². The summed E-state index contributed by atoms with van der Waals surface area (Å²) in [6.07, 6.45) is 3.06. The highest BCUT2D eigenvalue weighted by Crippen LogP contribution is 2.25. The van der Waals surface area contributed by atoms with Crippen LogP contribution in [0.1, 0.15) is 29.8 Å². The number of H-pyrrole nitrogens is 1. The molecule has 20 heavy (non-hydrogen) atoms. The van der Waals surface area contributed by atoms with Crippen molar-refractivity contribution < 1.29 is 4.79 Å². The molecule has 106 valence electrons. The van der Waals surface area contributed by atoms with Gasteiger partial charge in [-0.1, -0.05) is 11.6 Å². The molecule has 0 spiro atoms. The molecule has 0 radical (unpaired) electrons. The van der Waals surface area contributed by atoms with Gasteiger partial charge in [0.2, 0.25) is 0 Å². The number of benzene rings is 1. The Morgan fingerprint density at radius 3 is 2.90 bits per heavy atom. The molecule has 1 aromatic heterocycles. The zero-order valence-electron chi connectivity index (χ0n) is 11.4. The number of carbonyl (C=O) groups is 1. The van der Waals surface area contributed by atoms with E-state index in [4.69, 9.17) is 17.3 Å². The fraction of sp³-hybridized carbons (Fsp3) is 0.400. The average Bonchev–Trinajstić information content (AvgIpc) is 3.02. The molecule has 1 aromatic carbocycles. The van der Waals surface area contributed by atoms with Crippen molar-refractivity contribution in [3.8, 4) is 0 Å². The van der Waals surface area contributed by atoms with Crippen molar-refractivity contribution in [2.75, 3.05) is 7.05 Å². The number of halogens is 1. The van der Waals surface area contributed by atoms with E-state index in [2.05, 4.69) is 4.98 Å². The molecule has 5 heteroatoms. The smallest absolute Gasteiger partial charge is 0.270 e. The van der Waals surface area contributed by atoms with Crippen LogP contribution in [0.15, 0.2) is 24.3 Å². The Hall–Kier alpha value is -1.52. The molecule has 0 aliphatic heterocycles. The minimum Gasteiger partial charge on any atom is -0.351 e. The zero-order valence-corrected chi connectivity index (χ0v) is 12.2. The number of nitrogens with zero attached hydrogens (tertiary/aromatic N) is 1. The summed E-state index contributed by atoms with van der Waals surface area (Å²) in [5.74, 6) is -0.0142. The lowest BCUT2D eigenvalue weighted by molar-refractivity contribution is 0.0718. The number of amides is 1. The lowest BCUT2D eigenvalue weighted by Gasteiger charge is -2.27. The van der Waals surface area contributed by atoms with E-state index in [-0.39, 0.29) is 18.0 Å². The second kappa shape index (κ2) is 5.11. The number of hydrogen-bond acceptors (Lipinski definition) is 2. The van der Waals surface area contributed by atoms with Crippen LogP contribution in [-0.4, -0.2) is 34.9 Å². The molecule has 0 bridgehead atoms. The topological polar surface area (TPSA) is 62.1 Å². The third-order valence-corrected chi connectivity index (χ3v) is 4.40. The summed E-state index contributed by atoms with van der Waals surface area (Å²) in [6.45, 7) is 0. The number of nitrogens with two attached hydrogens (primary N) is 1. The number of aromatic nitrogens is 1. The standard InChI is InChI=1S/C15H18ClN3O/c1-19(14-4-2-3-11(14)17)15(20)13-8-9-7-10(16)5-6-12(9)18-13/h5-8,11,14,18H,2-4,17H2,1H3/t11-,14-/m0/s1. The molecule has 0 saturated heterocycles. The van der Waals surface area contributed by atoms with Gasteiger partial charge in [0.15, 0.2) is 0 Å². The van der Waals surface area contributed by atoms with Crippen LogP contribution in [-0.2, 0) is 0 Å². The zero-order chi connectivity index (χ0) is 14.3. The summed E-state index contributed by atoms with van der Waals surface area (Å²) in [7, 11) is 1.83. The maximum absolute atomic E-state index is 12.5. The fourth-order valence-corrected chi connectivity index (χ4v) is 3.19. The quantitative estimate of drug-likeness (QED) is 0.894. The minimum atomic E-state index is -0.0142. The molecule has 1 saturated carbocycles. The molecule has 1 fully saturated rings. The predicted molar refractivity (Wildman–Crippen MR) is 81.0 cm³/mol. The lowest BCUT2D eigenvalue weighted by atomic mass is 10.1. The van der Waals surface area contributed by atoms with Gasteiger partial charge in [-0.15, -0.1) is 0 Å². The molecule has 3 N–H and O–H groups in total. The maximum atomic E-state index is 12.5. The lowest BCUT2D eigenvalue weighted by Crippen LogP contribution is -2.45. The summed E-state index contributed by atoms with van der Waals surface area (Å²) in [5.41, 5.74) is 7.57. The van der Waals surface area contributed by atoms with Crippen LogP contribution in [0.3, 0.4) is 0 Å². The van der Waals surface area contributed by atoms with Gasteiger partial charge in [0.05, 0.1) is 0 Å². The van der Waals surface area contributed by atoms with Crippen LogP contribution in [0.2, 0.25) is 5.02 Å². The van der Waals surface area contributed by atoms with Crippen LogP contribution in [0.5, 0.6) is 0 Å². The first-order valence-corrected chi connectivity index (χ1v) is 7.25. The van der Waals surface area contributed by atoms with Crippen LogP contribution in [0.25, 0.3) is 10.9 Å². The average molecular weight is 292 g/mol. The number of aromatic amines is 1. The molecule has 2 aromatic rings. The van der Waals surface area contributed by atoms with Crippen molar-refractivity contribution in [1.82, 2.24) is 9.88 Å². The van der Waals surface area contributed by atoms with E-state index in [0.29, 0.717) is 10.7 Å². The molecule has 0 unspecified atom stereocenters. The van der Waals surface area contributed by atoms with Crippen LogP contribution in [0.4, 0.5) is 0 Å². The van der Waals surface area contributed by atoms with E-state index in [1.165, 1.54) is 0 Å². The Kier molecular flexibility index (Phi) is 3.44. The molecule has 1 aliphatic carbocycles. The highest BCUT2D eigenvalue weighted by Gasteiger charge is 2.31. The van der Waals surface area contributed by atoms with Gasteiger partial charge in [0.1, 0.15) is 5.69 Å². The maximum Gasteiger partial charge on any atom is 0.270 e. The van der Waals surface area contributed by atoms with Gasteiger partial charge in [0, 0.05) is 35.1 Å². The van der Waals surface area contributed by atoms with Gasteiger partial charge in [-0.05, 0) is 43.5 Å². The summed E-state index contributed by atoms with van der Waals surface area (Å²) in [6, 6.07) is 7.62. The minimum absolute atomic E-state index is 0.0142. The van der Waals surface area contributed by atoms with Crippen molar-refractivity contribution in [3.63, 3.8) is 0 Å².